The molecule has 0 saturated heterocycles. The molecule has 0 aliphatic heterocycles. The molecule has 114 valence electrons. The molecule has 5 heteroatoms. The van der Waals surface area contributed by atoms with E-state index in [4.69, 9.17) is 4.74 Å². The Bertz CT molecular complexity index is 504. The summed E-state index contributed by atoms with van der Waals surface area (Å²) in [5.41, 5.74) is 0.742. The molecule has 1 aliphatic carbocycles. The van der Waals surface area contributed by atoms with Gasteiger partial charge in [0.1, 0.15) is 0 Å². The number of nitrogens with one attached hydrogen (secondary N) is 1. The highest BCUT2D eigenvalue weighted by molar-refractivity contribution is 5.94. The average Bonchev–Trinajstić information content (AvgIpc) is 2.96. The number of carbonyl (C=O) groups excluding carboxylic acids is 1. The van der Waals surface area contributed by atoms with E-state index in [-0.39, 0.29) is 12.5 Å². The third kappa shape index (κ3) is 3.61. The summed E-state index contributed by atoms with van der Waals surface area (Å²) >= 11 is 0. The van der Waals surface area contributed by atoms with Crippen molar-refractivity contribution in [2.75, 3.05) is 13.7 Å². The van der Waals surface area contributed by atoms with Gasteiger partial charge in [-0.2, -0.15) is 0 Å². The molecule has 0 aromatic heterocycles. The second-order valence-electron chi connectivity index (χ2n) is 5.61. The zero-order chi connectivity index (χ0) is 15.3. The van der Waals surface area contributed by atoms with E-state index in [1.165, 1.54) is 0 Å². The lowest BCUT2D eigenvalue weighted by atomic mass is 9.86. The SMILES string of the molecule is COCc1ccc(C(=O)NCC2(C(=O)O)CCCC2)cc1. The molecule has 1 aromatic rings. The quantitative estimate of drug-likeness (QED) is 0.842. The van der Waals surface area contributed by atoms with Crippen molar-refractivity contribution in [3.05, 3.63) is 35.4 Å². The van der Waals surface area contributed by atoms with Crippen LogP contribution in [0.25, 0.3) is 0 Å². The fourth-order valence-electron chi connectivity index (χ4n) is 2.79. The molecular weight excluding hydrogens is 270 g/mol. The normalized spacial score (nSPS) is 16.6. The van der Waals surface area contributed by atoms with Crippen molar-refractivity contribution < 1.29 is 19.4 Å². The topological polar surface area (TPSA) is 75.6 Å². The van der Waals surface area contributed by atoms with Crippen molar-refractivity contribution in [2.45, 2.75) is 32.3 Å². The largest absolute Gasteiger partial charge is 0.481 e. The first-order valence-corrected chi connectivity index (χ1v) is 7.17. The molecule has 2 rings (SSSR count). The van der Waals surface area contributed by atoms with Gasteiger partial charge in [-0.3, -0.25) is 9.59 Å². The van der Waals surface area contributed by atoms with Crippen LogP contribution in [0.5, 0.6) is 0 Å². The number of carboxylic acid groups (broad SMARTS) is 1. The van der Waals surface area contributed by atoms with E-state index in [0.29, 0.717) is 25.0 Å². The Balaban J connectivity index is 1.96. The van der Waals surface area contributed by atoms with Crippen molar-refractivity contribution >= 4 is 11.9 Å². The Kier molecular flexibility index (Phi) is 4.96. The van der Waals surface area contributed by atoms with E-state index in [0.717, 1.165) is 18.4 Å². The lowest BCUT2D eigenvalue weighted by Crippen LogP contribution is -2.41. The van der Waals surface area contributed by atoms with Gasteiger partial charge in [-0.15, -0.1) is 0 Å². The van der Waals surface area contributed by atoms with Gasteiger partial charge in [0.25, 0.3) is 5.91 Å². The number of hydrogen-bond donors (Lipinski definition) is 2. The van der Waals surface area contributed by atoms with Crippen LogP contribution in [0.2, 0.25) is 0 Å². The van der Waals surface area contributed by atoms with Gasteiger partial charge in [-0.25, -0.2) is 0 Å². The fourth-order valence-corrected chi connectivity index (χ4v) is 2.79. The Hall–Kier alpha value is -1.88. The van der Waals surface area contributed by atoms with Gasteiger partial charge in [-0.05, 0) is 30.5 Å². The number of hydrogen-bond acceptors (Lipinski definition) is 3. The number of ether oxygens (including phenoxy) is 1. The number of benzene rings is 1. The second-order valence-corrected chi connectivity index (χ2v) is 5.61. The summed E-state index contributed by atoms with van der Waals surface area (Å²) in [6.45, 7) is 0.699. The van der Waals surface area contributed by atoms with Gasteiger partial charge in [0.05, 0.1) is 12.0 Å². The number of carbonyl (C=O) groups is 2. The molecule has 2 N–H and O–H groups in total. The number of carboxylic acids is 1. The van der Waals surface area contributed by atoms with Crippen molar-refractivity contribution in [3.63, 3.8) is 0 Å². The molecule has 0 unspecified atom stereocenters. The first-order chi connectivity index (χ1) is 10.1. The van der Waals surface area contributed by atoms with Crippen LogP contribution < -0.4 is 5.32 Å². The van der Waals surface area contributed by atoms with Crippen molar-refractivity contribution in [1.82, 2.24) is 5.32 Å². The number of rotatable bonds is 6. The molecule has 0 atom stereocenters. The highest BCUT2D eigenvalue weighted by Gasteiger charge is 2.41. The van der Waals surface area contributed by atoms with Gasteiger partial charge < -0.3 is 15.2 Å². The first kappa shape index (κ1) is 15.5. The zero-order valence-corrected chi connectivity index (χ0v) is 12.2. The average molecular weight is 291 g/mol. The highest BCUT2D eigenvalue weighted by atomic mass is 16.5. The smallest absolute Gasteiger partial charge is 0.311 e. The monoisotopic (exact) mass is 291 g/mol. The maximum atomic E-state index is 12.1. The molecule has 1 saturated carbocycles. The lowest BCUT2D eigenvalue weighted by Gasteiger charge is -2.23. The highest BCUT2D eigenvalue weighted by Crippen LogP contribution is 2.37. The van der Waals surface area contributed by atoms with E-state index in [2.05, 4.69) is 5.32 Å². The third-order valence-corrected chi connectivity index (χ3v) is 4.13. The van der Waals surface area contributed by atoms with E-state index >= 15 is 0 Å². The van der Waals surface area contributed by atoms with E-state index in [9.17, 15) is 14.7 Å². The van der Waals surface area contributed by atoms with Gasteiger partial charge in [0.2, 0.25) is 0 Å². The van der Waals surface area contributed by atoms with Crippen molar-refractivity contribution in [2.24, 2.45) is 5.41 Å². The minimum Gasteiger partial charge on any atom is -0.481 e. The molecule has 5 nitrogen and oxygen atoms in total. The Morgan fingerprint density at radius 1 is 1.24 bits per heavy atom. The minimum atomic E-state index is -0.809. The van der Waals surface area contributed by atoms with Gasteiger partial charge in [-0.1, -0.05) is 25.0 Å². The van der Waals surface area contributed by atoms with Crippen molar-refractivity contribution in [3.8, 4) is 0 Å². The standard InChI is InChI=1S/C16H21NO4/c1-21-10-12-4-6-13(7-5-12)14(18)17-11-16(15(19)20)8-2-3-9-16/h4-7H,2-3,8-11H2,1H3,(H,17,18)(H,19,20). The van der Waals surface area contributed by atoms with Crippen LogP contribution in [0.4, 0.5) is 0 Å². The van der Waals surface area contributed by atoms with Crippen LogP contribution in [-0.2, 0) is 16.1 Å². The molecule has 1 aliphatic rings. The summed E-state index contributed by atoms with van der Waals surface area (Å²) in [5, 5.41) is 12.1. The summed E-state index contributed by atoms with van der Waals surface area (Å²) < 4.78 is 5.02. The first-order valence-electron chi connectivity index (χ1n) is 7.17. The van der Waals surface area contributed by atoms with E-state index in [1.54, 1.807) is 19.2 Å². The molecule has 1 amide bonds. The van der Waals surface area contributed by atoms with Gasteiger partial charge in [0, 0.05) is 19.2 Å². The van der Waals surface area contributed by atoms with Gasteiger partial charge >= 0.3 is 5.97 Å². The molecule has 0 spiro atoms. The Morgan fingerprint density at radius 3 is 2.38 bits per heavy atom. The summed E-state index contributed by atoms with van der Waals surface area (Å²) in [6.07, 6.45) is 3.09. The molecule has 0 radical (unpaired) electrons. The summed E-state index contributed by atoms with van der Waals surface area (Å²) in [5.74, 6) is -1.04. The molecular formula is C16H21NO4. The van der Waals surface area contributed by atoms with Crippen LogP contribution in [0.1, 0.15) is 41.6 Å². The predicted molar refractivity (Wildman–Crippen MR) is 78.0 cm³/mol. The predicted octanol–water partition coefficient (Wildman–Crippen LogP) is 2.21. The summed E-state index contributed by atoms with van der Waals surface area (Å²) in [4.78, 5) is 23.5. The lowest BCUT2D eigenvalue weighted by molar-refractivity contribution is -0.148. The van der Waals surface area contributed by atoms with Crippen molar-refractivity contribution in [1.29, 1.82) is 0 Å². The van der Waals surface area contributed by atoms with Crippen LogP contribution in [0.3, 0.4) is 0 Å². The number of amides is 1. The molecule has 1 fully saturated rings. The fraction of sp³-hybridized carbons (Fsp3) is 0.500. The molecule has 0 bridgehead atoms. The van der Waals surface area contributed by atoms with Crippen LogP contribution >= 0.6 is 0 Å². The van der Waals surface area contributed by atoms with E-state index < -0.39 is 11.4 Å². The third-order valence-electron chi connectivity index (χ3n) is 4.13. The summed E-state index contributed by atoms with van der Waals surface area (Å²) in [6, 6.07) is 7.12. The van der Waals surface area contributed by atoms with Crippen LogP contribution in [-0.4, -0.2) is 30.6 Å². The minimum absolute atomic E-state index is 0.195. The second kappa shape index (κ2) is 6.72. The molecule has 0 heterocycles. The maximum absolute atomic E-state index is 12.1. The molecule has 21 heavy (non-hydrogen) atoms. The Labute approximate surface area is 124 Å². The number of methoxy groups -OCH3 is 1. The zero-order valence-electron chi connectivity index (χ0n) is 12.2. The van der Waals surface area contributed by atoms with Gasteiger partial charge in [0.15, 0.2) is 0 Å². The number of aliphatic carboxylic acids is 1. The maximum Gasteiger partial charge on any atom is 0.311 e. The molecule has 1 aromatic carbocycles. The van der Waals surface area contributed by atoms with Crippen LogP contribution in [0, 0.1) is 5.41 Å². The van der Waals surface area contributed by atoms with Crippen LogP contribution in [0.15, 0.2) is 24.3 Å². The summed E-state index contributed by atoms with van der Waals surface area (Å²) in [7, 11) is 1.62. The Morgan fingerprint density at radius 2 is 1.86 bits per heavy atom. The van der Waals surface area contributed by atoms with E-state index in [1.807, 2.05) is 12.1 Å².